The summed E-state index contributed by atoms with van der Waals surface area (Å²) >= 11 is 3.11. The third-order valence-corrected chi connectivity index (χ3v) is 3.19. The molecule has 0 aliphatic heterocycles. The summed E-state index contributed by atoms with van der Waals surface area (Å²) in [5, 5.41) is 0. The summed E-state index contributed by atoms with van der Waals surface area (Å²) in [5.74, 6) is -0.973. The molecule has 0 bridgehead atoms. The molecule has 1 heterocycles. The van der Waals surface area contributed by atoms with Crippen molar-refractivity contribution in [2.75, 3.05) is 14.1 Å². The topological polar surface area (TPSA) is 59.8 Å². The first-order valence-corrected chi connectivity index (χ1v) is 7.01. The van der Waals surface area contributed by atoms with Crippen LogP contribution in [0.4, 0.5) is 0 Å². The van der Waals surface area contributed by atoms with Crippen molar-refractivity contribution in [3.05, 3.63) is 58.5 Å². The largest absolute Gasteiger partial charge is 0.442 e. The lowest BCUT2D eigenvalue weighted by Crippen LogP contribution is -2.31. The number of esters is 1. The molecule has 1 aromatic heterocycles. The van der Waals surface area contributed by atoms with Crippen LogP contribution in [-0.4, -0.2) is 30.9 Å². The number of carbonyl (C=O) groups is 2. The molecule has 0 aliphatic carbocycles. The molecule has 0 N–H and O–H groups in total. The Kier molecular flexibility index (Phi) is 4.80. The Hall–Kier alpha value is -2.08. The van der Waals surface area contributed by atoms with Crippen LogP contribution in [-0.2, 0) is 9.53 Å². The number of amides is 1. The molecule has 6 heteroatoms. The Morgan fingerprint density at radius 1 is 1.14 bits per heavy atom. The minimum absolute atomic E-state index is 0.0364. The number of nitrogens with zero attached hydrogens (tertiary/aromatic N) is 1. The van der Waals surface area contributed by atoms with Crippen LogP contribution in [0.2, 0.25) is 0 Å². The minimum Gasteiger partial charge on any atom is -0.442 e. The molecule has 5 nitrogen and oxygen atoms in total. The first-order valence-electron chi connectivity index (χ1n) is 6.21. The Balaban J connectivity index is 2.24. The summed E-state index contributed by atoms with van der Waals surface area (Å²) < 4.78 is 10.9. The quantitative estimate of drug-likeness (QED) is 0.794. The number of ether oxygens (including phenoxy) is 1. The second-order valence-electron chi connectivity index (χ2n) is 4.53. The van der Waals surface area contributed by atoms with E-state index in [4.69, 9.17) is 9.15 Å². The average molecular weight is 352 g/mol. The van der Waals surface area contributed by atoms with Crippen molar-refractivity contribution in [2.24, 2.45) is 0 Å². The fourth-order valence-corrected chi connectivity index (χ4v) is 2.02. The molecule has 1 unspecified atom stereocenters. The predicted molar refractivity (Wildman–Crippen MR) is 79.7 cm³/mol. The monoisotopic (exact) mass is 351 g/mol. The fraction of sp³-hybridized carbons (Fsp3) is 0.200. The van der Waals surface area contributed by atoms with E-state index in [0.717, 1.165) is 0 Å². The number of likely N-dealkylation sites (N-methyl/N-ethyl adjacent to an activating group) is 1. The number of carbonyl (C=O) groups excluding carboxylic acids is 2. The van der Waals surface area contributed by atoms with E-state index in [9.17, 15) is 9.59 Å². The maximum Gasteiger partial charge on any atom is 0.375 e. The third-order valence-electron chi connectivity index (χ3n) is 2.77. The third kappa shape index (κ3) is 3.72. The molecule has 21 heavy (non-hydrogen) atoms. The number of benzene rings is 1. The van der Waals surface area contributed by atoms with E-state index in [1.807, 2.05) is 6.07 Å². The lowest BCUT2D eigenvalue weighted by Gasteiger charge is -2.20. The molecule has 0 saturated carbocycles. The number of rotatable bonds is 4. The van der Waals surface area contributed by atoms with Crippen molar-refractivity contribution in [2.45, 2.75) is 6.10 Å². The van der Waals surface area contributed by atoms with E-state index in [1.54, 1.807) is 44.4 Å². The van der Waals surface area contributed by atoms with Gasteiger partial charge in [-0.05, 0) is 28.1 Å². The summed E-state index contributed by atoms with van der Waals surface area (Å²) in [5.41, 5.74) is 0.607. The van der Waals surface area contributed by atoms with Gasteiger partial charge in [-0.1, -0.05) is 30.3 Å². The lowest BCUT2D eigenvalue weighted by molar-refractivity contribution is -0.138. The zero-order valence-electron chi connectivity index (χ0n) is 11.6. The molecule has 1 aromatic carbocycles. The molecular formula is C15H14BrNO4. The highest BCUT2D eigenvalue weighted by molar-refractivity contribution is 9.10. The van der Waals surface area contributed by atoms with Gasteiger partial charge in [0.2, 0.25) is 11.9 Å². The fourth-order valence-electron chi connectivity index (χ4n) is 1.71. The van der Waals surface area contributed by atoms with Crippen LogP contribution in [0.3, 0.4) is 0 Å². The summed E-state index contributed by atoms with van der Waals surface area (Å²) in [6.07, 6.45) is -1.00. The van der Waals surface area contributed by atoms with Crippen molar-refractivity contribution >= 4 is 27.8 Å². The van der Waals surface area contributed by atoms with Gasteiger partial charge in [0.15, 0.2) is 4.67 Å². The van der Waals surface area contributed by atoms with Gasteiger partial charge in [-0.25, -0.2) is 4.79 Å². The second kappa shape index (κ2) is 6.58. The number of halogens is 1. The molecule has 0 fully saturated rings. The zero-order valence-corrected chi connectivity index (χ0v) is 13.2. The molecule has 1 amide bonds. The van der Waals surface area contributed by atoms with Crippen molar-refractivity contribution in [1.29, 1.82) is 0 Å². The molecule has 2 aromatic rings. The van der Waals surface area contributed by atoms with Crippen LogP contribution in [0.5, 0.6) is 0 Å². The van der Waals surface area contributed by atoms with Crippen LogP contribution in [0.15, 0.2) is 51.6 Å². The first-order chi connectivity index (χ1) is 9.99. The van der Waals surface area contributed by atoms with Gasteiger partial charge in [0.05, 0.1) is 0 Å². The van der Waals surface area contributed by atoms with Gasteiger partial charge in [-0.15, -0.1) is 0 Å². The van der Waals surface area contributed by atoms with E-state index in [2.05, 4.69) is 15.9 Å². The second-order valence-corrected chi connectivity index (χ2v) is 5.31. The summed E-state index contributed by atoms with van der Waals surface area (Å²) in [4.78, 5) is 25.7. The predicted octanol–water partition coefficient (Wildman–Crippen LogP) is 3.03. The van der Waals surface area contributed by atoms with Gasteiger partial charge in [-0.2, -0.15) is 0 Å². The first kappa shape index (κ1) is 15.3. The zero-order chi connectivity index (χ0) is 15.4. The van der Waals surface area contributed by atoms with Crippen LogP contribution in [0, 0.1) is 0 Å². The van der Waals surface area contributed by atoms with Crippen molar-refractivity contribution in [3.8, 4) is 0 Å². The Labute approximate surface area is 130 Å². The Morgan fingerprint density at radius 2 is 1.81 bits per heavy atom. The molecule has 110 valence electrons. The molecule has 0 radical (unpaired) electrons. The van der Waals surface area contributed by atoms with E-state index in [-0.39, 0.29) is 11.7 Å². The van der Waals surface area contributed by atoms with Crippen molar-refractivity contribution < 1.29 is 18.7 Å². The van der Waals surface area contributed by atoms with Crippen LogP contribution < -0.4 is 0 Å². The van der Waals surface area contributed by atoms with Crippen molar-refractivity contribution in [1.82, 2.24) is 4.90 Å². The molecular weight excluding hydrogens is 338 g/mol. The van der Waals surface area contributed by atoms with E-state index in [0.29, 0.717) is 10.2 Å². The van der Waals surface area contributed by atoms with Gasteiger partial charge in [-0.3, -0.25) is 4.79 Å². The Bertz CT molecular complexity index is 636. The normalized spacial score (nSPS) is 11.8. The van der Waals surface area contributed by atoms with Crippen LogP contribution in [0.1, 0.15) is 22.2 Å². The number of hydrogen-bond donors (Lipinski definition) is 0. The maximum absolute atomic E-state index is 12.2. The summed E-state index contributed by atoms with van der Waals surface area (Å²) in [6, 6.07) is 11.9. The highest BCUT2D eigenvalue weighted by atomic mass is 79.9. The van der Waals surface area contributed by atoms with E-state index in [1.165, 1.54) is 11.0 Å². The molecule has 0 saturated heterocycles. The smallest absolute Gasteiger partial charge is 0.375 e. The molecule has 2 rings (SSSR count). The van der Waals surface area contributed by atoms with Crippen LogP contribution >= 0.6 is 15.9 Å². The van der Waals surface area contributed by atoms with Gasteiger partial charge in [0, 0.05) is 19.7 Å². The van der Waals surface area contributed by atoms with Crippen molar-refractivity contribution in [3.63, 3.8) is 0 Å². The van der Waals surface area contributed by atoms with Crippen LogP contribution in [0.25, 0.3) is 0 Å². The number of furan rings is 1. The molecule has 0 spiro atoms. The number of hydrogen-bond acceptors (Lipinski definition) is 4. The highest BCUT2D eigenvalue weighted by Gasteiger charge is 2.28. The summed E-state index contributed by atoms with van der Waals surface area (Å²) in [7, 11) is 3.21. The van der Waals surface area contributed by atoms with Gasteiger partial charge in [0.1, 0.15) is 0 Å². The van der Waals surface area contributed by atoms with E-state index < -0.39 is 12.1 Å². The standard InChI is InChI=1S/C15H14BrNO4/c1-17(2)14(18)13(10-6-4-3-5-7-10)21-15(19)11-8-9-12(16)20-11/h3-9,13H,1-2H3. The van der Waals surface area contributed by atoms with Gasteiger partial charge >= 0.3 is 5.97 Å². The molecule has 1 atom stereocenters. The molecule has 0 aliphatic rings. The lowest BCUT2D eigenvalue weighted by atomic mass is 10.1. The highest BCUT2D eigenvalue weighted by Crippen LogP contribution is 2.22. The Morgan fingerprint density at radius 3 is 2.33 bits per heavy atom. The minimum atomic E-state index is -1.00. The summed E-state index contributed by atoms with van der Waals surface area (Å²) in [6.45, 7) is 0. The van der Waals surface area contributed by atoms with E-state index >= 15 is 0 Å². The SMILES string of the molecule is CN(C)C(=O)C(OC(=O)c1ccc(Br)o1)c1ccccc1. The van der Waals surface area contributed by atoms with Gasteiger partial charge in [0.25, 0.3) is 5.91 Å². The average Bonchev–Trinajstić information content (AvgIpc) is 2.91. The van der Waals surface area contributed by atoms with Gasteiger partial charge < -0.3 is 14.1 Å². The maximum atomic E-state index is 12.2.